The maximum atomic E-state index is 13.7. The molecule has 1 heterocycles. The Morgan fingerprint density at radius 1 is 1.00 bits per heavy atom. The van der Waals surface area contributed by atoms with Crippen LogP contribution in [0.2, 0.25) is 0 Å². The number of nitrogens with zero attached hydrogens (tertiary/aromatic N) is 1. The number of aliphatic hydroxyl groups excluding tert-OH is 1. The van der Waals surface area contributed by atoms with E-state index in [0.717, 1.165) is 32.9 Å². The number of anilines is 1. The highest BCUT2D eigenvalue weighted by Crippen LogP contribution is 2.50. The minimum atomic E-state index is -2.99. The van der Waals surface area contributed by atoms with E-state index in [4.69, 9.17) is 4.74 Å². The lowest BCUT2D eigenvalue weighted by molar-refractivity contribution is 0.0829. The van der Waals surface area contributed by atoms with E-state index >= 15 is 0 Å². The summed E-state index contributed by atoms with van der Waals surface area (Å²) in [6.45, 7) is 5.07. The molecule has 0 aliphatic carbocycles. The van der Waals surface area contributed by atoms with Gasteiger partial charge in [0.05, 0.1) is 29.7 Å². The summed E-state index contributed by atoms with van der Waals surface area (Å²) in [5, 5.41) is 17.6. The van der Waals surface area contributed by atoms with Gasteiger partial charge in [-0.05, 0) is 74.6 Å². The van der Waals surface area contributed by atoms with Crippen LogP contribution in [-0.2, 0) is 13.0 Å². The van der Waals surface area contributed by atoms with Gasteiger partial charge in [-0.15, -0.1) is 10.8 Å². The van der Waals surface area contributed by atoms with Crippen molar-refractivity contribution in [3.63, 3.8) is 0 Å². The molecule has 1 aliphatic heterocycles. The fourth-order valence-corrected chi connectivity index (χ4v) is 7.99. The molecule has 8 nitrogen and oxygen atoms in total. The van der Waals surface area contributed by atoms with Crippen LogP contribution in [0.25, 0.3) is 0 Å². The first kappa shape index (κ1) is 32.8. The third-order valence-corrected chi connectivity index (χ3v) is 9.73. The highest BCUT2D eigenvalue weighted by molar-refractivity contribution is 9.11. The summed E-state index contributed by atoms with van der Waals surface area (Å²) >= 11 is 7.01. The molecule has 3 aromatic rings. The molecule has 2 atom stereocenters. The molecule has 0 saturated carbocycles. The number of ether oxygens (including phenoxy) is 1. The monoisotopic (exact) mass is 723 g/mol. The van der Waals surface area contributed by atoms with E-state index in [9.17, 15) is 19.0 Å². The molecule has 4 rings (SSSR count). The molecule has 1 aliphatic rings. The normalized spacial score (nSPS) is 17.0. The number of benzene rings is 3. The summed E-state index contributed by atoms with van der Waals surface area (Å²) in [5.74, 6) is 0.379. The van der Waals surface area contributed by atoms with Crippen LogP contribution in [0.4, 0.5) is 5.69 Å². The van der Waals surface area contributed by atoms with Crippen molar-refractivity contribution in [1.29, 1.82) is 0 Å². The molecule has 0 radical (unpaired) electrons. The molecule has 228 valence electrons. The van der Waals surface area contributed by atoms with Gasteiger partial charge in [-0.1, -0.05) is 62.2 Å². The number of amides is 1. The molecule has 1 amide bonds. The number of carbonyl (C=O) groups is 1. The van der Waals surface area contributed by atoms with Gasteiger partial charge >= 0.3 is 0 Å². The molecule has 42 heavy (non-hydrogen) atoms. The van der Waals surface area contributed by atoms with Crippen molar-refractivity contribution in [2.75, 3.05) is 23.1 Å². The molecule has 0 spiro atoms. The molecular formula is C31H39Br2N3O5S. The number of hydrogen-bond donors (Lipinski definition) is 5. The molecule has 5 N–H and O–H groups in total. The van der Waals surface area contributed by atoms with Crippen LogP contribution in [0.15, 0.2) is 75.7 Å². The van der Waals surface area contributed by atoms with Crippen LogP contribution in [0.3, 0.4) is 0 Å². The number of aliphatic hydroxyl groups is 1. The Bertz CT molecular complexity index is 1330. The van der Waals surface area contributed by atoms with E-state index in [2.05, 4.69) is 42.5 Å². The fraction of sp³-hybridized carbons (Fsp3) is 0.387. The molecule has 3 aromatic carbocycles. The Morgan fingerprint density at radius 3 is 2.38 bits per heavy atom. The predicted molar refractivity (Wildman–Crippen MR) is 177 cm³/mol. The first-order valence-corrected chi connectivity index (χ1v) is 17.3. The Hall–Kier alpha value is -2.12. The van der Waals surface area contributed by atoms with Gasteiger partial charge in [-0.25, -0.2) is 0 Å². The second-order valence-corrected chi connectivity index (χ2v) is 14.7. The van der Waals surface area contributed by atoms with E-state index in [-0.39, 0.29) is 18.6 Å². The Labute approximate surface area is 266 Å². The zero-order valence-corrected chi connectivity index (χ0v) is 27.8. The van der Waals surface area contributed by atoms with Gasteiger partial charge in [0, 0.05) is 40.2 Å². The summed E-state index contributed by atoms with van der Waals surface area (Å²) in [6.07, 6.45) is 0.970. The zero-order chi connectivity index (χ0) is 30.3. The molecular weight excluding hydrogens is 686 g/mol. The van der Waals surface area contributed by atoms with Crippen molar-refractivity contribution in [3.05, 3.63) is 92.4 Å². The van der Waals surface area contributed by atoms with Crippen molar-refractivity contribution in [2.45, 2.75) is 57.9 Å². The lowest BCUT2D eigenvalue weighted by Crippen LogP contribution is -2.48. The summed E-state index contributed by atoms with van der Waals surface area (Å²) in [5.41, 5.74) is 2.88. The van der Waals surface area contributed by atoms with Crippen molar-refractivity contribution >= 4 is 54.2 Å². The maximum Gasteiger partial charge on any atom is 0.251 e. The van der Waals surface area contributed by atoms with Gasteiger partial charge < -0.3 is 20.5 Å². The van der Waals surface area contributed by atoms with Crippen molar-refractivity contribution in [3.8, 4) is 5.75 Å². The standard InChI is InChI=1S/C31H39Br2N3O5S/c1-21(2)41-28-16-24(15-27(18-28)36-10-6-7-11-42(36,39)40)31(38)35-29(14-22-8-4-3-5-9-22)30(37)20-34-19-23-12-25(32)17-26(33)13-23/h3-5,8-9,12-13,15-18,21,29-30,34,37,39-40H,6-7,10-11,14,19-20H2,1-2H3,(H,35,38)/t29-,30+/m0/s1. The van der Waals surface area contributed by atoms with Crippen LogP contribution in [0.5, 0.6) is 5.75 Å². The van der Waals surface area contributed by atoms with E-state index in [1.165, 1.54) is 0 Å². The lowest BCUT2D eigenvalue weighted by Gasteiger charge is -2.47. The Balaban J connectivity index is 1.54. The third kappa shape index (κ3) is 9.44. The van der Waals surface area contributed by atoms with E-state index in [1.807, 2.05) is 62.4 Å². The van der Waals surface area contributed by atoms with E-state index < -0.39 is 22.9 Å². The van der Waals surface area contributed by atoms with Gasteiger partial charge in [0.1, 0.15) is 5.75 Å². The van der Waals surface area contributed by atoms with Crippen LogP contribution in [0.1, 0.15) is 48.2 Å². The zero-order valence-electron chi connectivity index (χ0n) is 23.8. The quantitative estimate of drug-likeness (QED) is 0.140. The molecule has 0 bridgehead atoms. The number of hydrogen-bond acceptors (Lipinski definition) is 7. The van der Waals surface area contributed by atoms with E-state index in [1.54, 1.807) is 22.5 Å². The largest absolute Gasteiger partial charge is 0.491 e. The molecule has 1 saturated heterocycles. The highest BCUT2D eigenvalue weighted by Gasteiger charge is 2.29. The molecule has 0 aromatic heterocycles. The Kier molecular flexibility index (Phi) is 11.8. The summed E-state index contributed by atoms with van der Waals surface area (Å²) in [4.78, 5) is 13.7. The van der Waals surface area contributed by atoms with Gasteiger partial charge in [0.15, 0.2) is 0 Å². The second-order valence-electron chi connectivity index (χ2n) is 10.8. The topological polar surface area (TPSA) is 114 Å². The van der Waals surface area contributed by atoms with Crippen LogP contribution in [0, 0.1) is 0 Å². The first-order chi connectivity index (χ1) is 20.0. The minimum absolute atomic E-state index is 0.137. The smallest absolute Gasteiger partial charge is 0.251 e. The maximum absolute atomic E-state index is 13.7. The summed E-state index contributed by atoms with van der Waals surface area (Å²) in [7, 11) is -2.99. The molecule has 1 fully saturated rings. The van der Waals surface area contributed by atoms with Crippen LogP contribution >= 0.6 is 42.6 Å². The third-order valence-electron chi connectivity index (χ3n) is 6.88. The predicted octanol–water partition coefficient (Wildman–Crippen LogP) is 6.76. The number of halogens is 2. The lowest BCUT2D eigenvalue weighted by atomic mass is 10.00. The average molecular weight is 726 g/mol. The Morgan fingerprint density at radius 2 is 1.71 bits per heavy atom. The van der Waals surface area contributed by atoms with Gasteiger partial charge in [-0.2, -0.15) is 0 Å². The van der Waals surface area contributed by atoms with Gasteiger partial charge in [-0.3, -0.25) is 18.2 Å². The second kappa shape index (κ2) is 15.1. The SMILES string of the molecule is CC(C)Oc1cc(C(=O)N[C@@H](Cc2ccccc2)[C@H](O)CNCc2cc(Br)cc(Br)c2)cc(N2CCCCS2(O)O)c1. The number of carbonyl (C=O) groups excluding carboxylic acids is 1. The van der Waals surface area contributed by atoms with Crippen LogP contribution < -0.4 is 19.7 Å². The van der Waals surface area contributed by atoms with Gasteiger partial charge in [0.2, 0.25) is 0 Å². The van der Waals surface area contributed by atoms with Crippen molar-refractivity contribution < 1.29 is 23.7 Å². The summed E-state index contributed by atoms with van der Waals surface area (Å²) < 4.78 is 30.9. The minimum Gasteiger partial charge on any atom is -0.491 e. The van der Waals surface area contributed by atoms with Gasteiger partial charge in [0.25, 0.3) is 5.91 Å². The van der Waals surface area contributed by atoms with Crippen molar-refractivity contribution in [2.24, 2.45) is 0 Å². The number of rotatable bonds is 12. The fourth-order valence-electron chi connectivity index (χ4n) is 4.93. The molecule has 0 unspecified atom stereocenters. The average Bonchev–Trinajstić information content (AvgIpc) is 2.92. The van der Waals surface area contributed by atoms with Crippen molar-refractivity contribution in [1.82, 2.24) is 10.6 Å². The highest BCUT2D eigenvalue weighted by atomic mass is 79.9. The summed E-state index contributed by atoms with van der Waals surface area (Å²) in [6, 6.07) is 20.2. The first-order valence-electron chi connectivity index (χ1n) is 14.0. The van der Waals surface area contributed by atoms with E-state index in [0.29, 0.717) is 42.3 Å². The number of nitrogens with one attached hydrogen (secondary N) is 2. The molecule has 11 heteroatoms. The van der Waals surface area contributed by atoms with Crippen LogP contribution in [-0.4, -0.2) is 57.2 Å².